The summed E-state index contributed by atoms with van der Waals surface area (Å²) in [5.41, 5.74) is 0.978. The van der Waals surface area contributed by atoms with E-state index in [4.69, 9.17) is 14.2 Å². The Morgan fingerprint density at radius 3 is 2.95 bits per heavy atom. The molecule has 112 valence electrons. The van der Waals surface area contributed by atoms with Gasteiger partial charge in [0, 0.05) is 11.8 Å². The van der Waals surface area contributed by atoms with E-state index >= 15 is 0 Å². The molecule has 2 aliphatic rings. The van der Waals surface area contributed by atoms with Gasteiger partial charge in [-0.2, -0.15) is 30.3 Å². The number of ether oxygens (including phenoxy) is 3. The van der Waals surface area contributed by atoms with E-state index in [2.05, 4.69) is 0 Å². The third-order valence-electron chi connectivity index (χ3n) is 3.74. The molecule has 0 aliphatic carbocycles. The second kappa shape index (κ2) is 5.27. The van der Waals surface area contributed by atoms with Crippen LogP contribution < -0.4 is 19.4 Å². The first-order valence-electron chi connectivity index (χ1n) is 7.07. The molecule has 1 saturated heterocycles. The second-order valence-corrected chi connectivity index (χ2v) is 5.17. The fourth-order valence-electron chi connectivity index (χ4n) is 2.59. The Morgan fingerprint density at radius 1 is 1.18 bits per heavy atom. The third kappa shape index (κ3) is 2.25. The lowest BCUT2D eigenvalue weighted by atomic mass is 10.1. The quantitative estimate of drug-likeness (QED) is 0.617. The van der Waals surface area contributed by atoms with Gasteiger partial charge in [-0.25, -0.2) is 0 Å². The zero-order chi connectivity index (χ0) is 14.9. The van der Waals surface area contributed by atoms with Gasteiger partial charge in [0.05, 0.1) is 0 Å². The largest absolute Gasteiger partial charge is 0.454 e. The van der Waals surface area contributed by atoms with Crippen LogP contribution in [0.3, 0.4) is 0 Å². The van der Waals surface area contributed by atoms with Crippen molar-refractivity contribution in [3.8, 4) is 11.5 Å². The van der Waals surface area contributed by atoms with E-state index in [1.807, 2.05) is 48.5 Å². The topological polar surface area (TPSA) is 47.8 Å². The lowest BCUT2D eigenvalue weighted by Gasteiger charge is -2.07. The highest BCUT2D eigenvalue weighted by atomic mass is 16.7. The average molecular weight is 296 g/mol. The number of nitrogens with zero attached hydrogens (tertiary/aromatic N) is 1. The monoisotopic (exact) mass is 296 g/mol. The van der Waals surface area contributed by atoms with Crippen molar-refractivity contribution in [3.63, 3.8) is 0 Å². The van der Waals surface area contributed by atoms with Gasteiger partial charge in [0.25, 0.3) is 0 Å². The number of fused-ring (bicyclic) bond motifs is 1. The molecular weight excluding hydrogens is 282 g/mol. The van der Waals surface area contributed by atoms with E-state index in [-0.39, 0.29) is 12.7 Å². The first-order valence-corrected chi connectivity index (χ1v) is 7.07. The van der Waals surface area contributed by atoms with Crippen molar-refractivity contribution < 1.29 is 19.0 Å². The Kier molecular flexibility index (Phi) is 3.12. The summed E-state index contributed by atoms with van der Waals surface area (Å²) in [5.74, 6) is 1.38. The van der Waals surface area contributed by atoms with Gasteiger partial charge in [0.2, 0.25) is 6.79 Å². The van der Waals surface area contributed by atoms with Crippen LogP contribution in [0.4, 0.5) is 0 Å². The highest BCUT2D eigenvalue weighted by Gasteiger charge is 2.30. The lowest BCUT2D eigenvalue weighted by Crippen LogP contribution is -2.33. The van der Waals surface area contributed by atoms with Gasteiger partial charge in [-0.05, 0) is 17.7 Å². The summed E-state index contributed by atoms with van der Waals surface area (Å²) in [7, 11) is 0. The predicted molar refractivity (Wildman–Crippen MR) is 77.8 cm³/mol. The molecule has 2 heterocycles. The molecule has 22 heavy (non-hydrogen) atoms. The minimum Gasteiger partial charge on any atom is -0.454 e. The number of para-hydroxylation sites is 1. The maximum absolute atomic E-state index is 12.5. The van der Waals surface area contributed by atoms with Gasteiger partial charge in [0.1, 0.15) is 6.10 Å². The van der Waals surface area contributed by atoms with Crippen molar-refractivity contribution in [1.29, 1.82) is 0 Å². The van der Waals surface area contributed by atoms with Crippen molar-refractivity contribution in [2.75, 3.05) is 6.79 Å². The van der Waals surface area contributed by atoms with Crippen LogP contribution in [0.1, 0.15) is 5.56 Å². The molecule has 2 aromatic carbocycles. The van der Waals surface area contributed by atoms with Gasteiger partial charge in [0.15, 0.2) is 18.2 Å². The maximum atomic E-state index is 12.5. The van der Waals surface area contributed by atoms with Crippen molar-refractivity contribution in [2.45, 2.75) is 12.5 Å². The minimum atomic E-state index is -0.513. The Bertz CT molecular complexity index is 776. The lowest BCUT2D eigenvalue weighted by molar-refractivity contribution is -0.124. The van der Waals surface area contributed by atoms with Crippen LogP contribution in [0, 0.1) is 6.73 Å². The number of carbonyl (C=O) groups is 1. The number of hydrogen-bond donors (Lipinski definition) is 0. The van der Waals surface area contributed by atoms with Crippen molar-refractivity contribution in [2.24, 2.45) is 0 Å². The van der Waals surface area contributed by atoms with Crippen LogP contribution in [-0.2, 0) is 16.0 Å². The molecule has 1 amide bonds. The van der Waals surface area contributed by atoms with Crippen molar-refractivity contribution in [3.05, 3.63) is 66.2 Å². The van der Waals surface area contributed by atoms with E-state index in [0.717, 1.165) is 16.7 Å². The van der Waals surface area contributed by atoms with Gasteiger partial charge < -0.3 is 14.2 Å². The number of benzene rings is 2. The molecule has 0 N–H and O–H groups in total. The molecule has 2 aromatic rings. The minimum absolute atomic E-state index is 0.0659. The maximum Gasteiger partial charge on any atom is 0.311 e. The first kappa shape index (κ1) is 13.0. The molecule has 1 fully saturated rings. The Labute approximate surface area is 127 Å². The number of hydrogen-bond acceptors (Lipinski definition) is 4. The molecule has 0 aromatic heterocycles. The molecule has 0 radical (unpaired) electrons. The Hall–Kier alpha value is -2.66. The zero-order valence-corrected chi connectivity index (χ0v) is 11.8. The standard InChI is InChI=1S/C17H14NO4/c19-17-16(20-10-18(17)13-4-2-1-3-5-13)9-12-6-7-14-15(8-12)22-11-21-14/h1-8,10,16H,9,11H2/q-1. The normalized spacial score (nSPS) is 19.4. The fourth-order valence-corrected chi connectivity index (χ4v) is 2.59. The van der Waals surface area contributed by atoms with Crippen molar-refractivity contribution >= 4 is 5.91 Å². The number of rotatable bonds is 2. The van der Waals surface area contributed by atoms with Gasteiger partial charge >= 0.3 is 5.91 Å². The highest BCUT2D eigenvalue weighted by molar-refractivity contribution is 5.84. The number of amides is 1. The summed E-state index contributed by atoms with van der Waals surface area (Å²) in [6.45, 7) is 1.72. The predicted octanol–water partition coefficient (Wildman–Crippen LogP) is 1.19. The van der Waals surface area contributed by atoms with Crippen molar-refractivity contribution in [1.82, 2.24) is 4.58 Å². The summed E-state index contributed by atoms with van der Waals surface area (Å²) < 4.78 is 17.7. The Balaban J connectivity index is 1.57. The van der Waals surface area contributed by atoms with Crippen LogP contribution in [0.2, 0.25) is 0 Å². The van der Waals surface area contributed by atoms with Gasteiger partial charge in [-0.1, -0.05) is 6.07 Å². The molecule has 2 aliphatic heterocycles. The number of carbonyl (C=O) groups excluding carboxylic acids is 1. The summed E-state index contributed by atoms with van der Waals surface area (Å²) in [4.78, 5) is 12.5. The highest BCUT2D eigenvalue weighted by Crippen LogP contribution is 2.33. The van der Waals surface area contributed by atoms with E-state index in [9.17, 15) is 4.79 Å². The summed E-state index contributed by atoms with van der Waals surface area (Å²) in [6.07, 6.45) is -0.0180. The molecule has 1 atom stereocenters. The Morgan fingerprint density at radius 2 is 2.09 bits per heavy atom. The first-order chi connectivity index (χ1) is 10.8. The van der Waals surface area contributed by atoms with E-state index < -0.39 is 6.10 Å². The summed E-state index contributed by atoms with van der Waals surface area (Å²) in [5, 5.41) is 0.806. The van der Waals surface area contributed by atoms with Crippen LogP contribution in [0.15, 0.2) is 48.5 Å². The van der Waals surface area contributed by atoms with Crippen LogP contribution in [0.5, 0.6) is 11.5 Å². The zero-order valence-electron chi connectivity index (χ0n) is 11.8. The molecule has 0 spiro atoms. The summed E-state index contributed by atoms with van der Waals surface area (Å²) in [6, 6.07) is 15.1. The third-order valence-corrected chi connectivity index (χ3v) is 3.74. The van der Waals surface area contributed by atoms with E-state index in [1.165, 1.54) is 11.3 Å². The summed E-state index contributed by atoms with van der Waals surface area (Å²) >= 11 is 0. The van der Waals surface area contributed by atoms with Crippen LogP contribution in [0.25, 0.3) is 0 Å². The molecule has 5 heteroatoms. The van der Waals surface area contributed by atoms with E-state index in [0.29, 0.717) is 12.2 Å². The molecule has 4 rings (SSSR count). The van der Waals surface area contributed by atoms with Gasteiger partial charge in [-0.15, -0.1) is 0 Å². The fraction of sp³-hybridized carbons (Fsp3) is 0.176. The molecule has 1 unspecified atom stereocenters. The van der Waals surface area contributed by atoms with Crippen LogP contribution >= 0.6 is 0 Å². The molecule has 0 saturated carbocycles. The van der Waals surface area contributed by atoms with Crippen LogP contribution in [-0.4, -0.2) is 18.8 Å². The molecular formula is C17H14NO4-. The molecule has 5 nitrogen and oxygen atoms in total. The average Bonchev–Trinajstić information content (AvgIpc) is 3.15. The smallest absolute Gasteiger partial charge is 0.311 e. The van der Waals surface area contributed by atoms with Gasteiger partial charge in [-0.3, -0.25) is 9.37 Å². The SMILES string of the molecule is O=C1C(Cc2ccc3c(c2)OCO3)O[CH-][N+]1=c1cccc[cH-]1. The molecule has 0 bridgehead atoms. The van der Waals surface area contributed by atoms with E-state index in [1.54, 1.807) is 0 Å². The second-order valence-electron chi connectivity index (χ2n) is 5.17.